The molecule has 5 N–H and O–H groups in total. The van der Waals surface area contributed by atoms with Crippen LogP contribution in [0.5, 0.6) is 23.0 Å². The van der Waals surface area contributed by atoms with Crippen LogP contribution in [-0.4, -0.2) is 133 Å². The van der Waals surface area contributed by atoms with Crippen LogP contribution in [0.1, 0.15) is 70.2 Å². The summed E-state index contributed by atoms with van der Waals surface area (Å²) in [6.45, 7) is 16.1. The number of hydrogen-bond acceptors (Lipinski definition) is 12. The van der Waals surface area contributed by atoms with Crippen LogP contribution >= 0.6 is 0 Å². The van der Waals surface area contributed by atoms with E-state index in [9.17, 15) is 19.2 Å². The van der Waals surface area contributed by atoms with Gasteiger partial charge in [-0.2, -0.15) is 0 Å². The standard InChI is InChI=1S/C16H22N2O2.C15H20N2O2.C14H18N2O2.C13H16N2O2/c1-4-8-18(3)9-7-13-11-17-16-6-5-14(10-15(13)16)20-12(2)19;1-4-17(3)8-7-12-10-16-15-6-5-13(9-14(12)15)19-11(2)18;1-10(17)18-12-4-5-14-13(8-12)11(9-15-14)6-7-16(2)3;1-9(16)17-11-3-4-13-12(7-11)10(8-15-13)5-6-14-2/h5-6,10-11,17H,4,7-9H2,1-3H3;5-6,9-10,16H,4,7-8H2,1-3H3;4-5,8-9,15H,6-7H2,1-3H3;3-4,7-8,14-15H,5-6H2,1-2H3. The number of nitrogens with one attached hydrogen (secondary N) is 5. The third-order valence-corrected chi connectivity index (χ3v) is 12.1. The Morgan fingerprint density at radius 3 is 1.04 bits per heavy atom. The molecule has 0 radical (unpaired) electrons. The Bertz CT molecular complexity index is 3070. The number of rotatable bonds is 19. The zero-order chi connectivity index (χ0) is 53.7. The lowest BCUT2D eigenvalue weighted by Crippen LogP contribution is -2.21. The minimum atomic E-state index is -0.295. The second kappa shape index (κ2) is 28.9. The summed E-state index contributed by atoms with van der Waals surface area (Å²) in [5.41, 5.74) is 9.27. The van der Waals surface area contributed by atoms with E-state index in [0.717, 1.165) is 109 Å². The lowest BCUT2D eigenvalue weighted by atomic mass is 10.1. The van der Waals surface area contributed by atoms with Crippen LogP contribution in [0.2, 0.25) is 0 Å². The average molecular weight is 1010 g/mol. The normalized spacial score (nSPS) is 11.1. The molecule has 4 aromatic heterocycles. The van der Waals surface area contributed by atoms with E-state index >= 15 is 0 Å². The van der Waals surface area contributed by atoms with E-state index < -0.39 is 0 Å². The molecule has 0 amide bonds. The summed E-state index contributed by atoms with van der Waals surface area (Å²) >= 11 is 0. The van der Waals surface area contributed by atoms with E-state index in [1.165, 1.54) is 56.4 Å². The first-order chi connectivity index (χ1) is 35.5. The van der Waals surface area contributed by atoms with Crippen LogP contribution in [0.15, 0.2) is 97.6 Å². The Morgan fingerprint density at radius 1 is 0.446 bits per heavy atom. The van der Waals surface area contributed by atoms with Crippen molar-refractivity contribution in [3.05, 3.63) is 120 Å². The van der Waals surface area contributed by atoms with Gasteiger partial charge in [-0.15, -0.1) is 0 Å². The van der Waals surface area contributed by atoms with E-state index in [-0.39, 0.29) is 23.9 Å². The van der Waals surface area contributed by atoms with Crippen LogP contribution in [0, 0.1) is 0 Å². The number of aromatic nitrogens is 4. The summed E-state index contributed by atoms with van der Waals surface area (Å²) in [7, 11) is 10.3. The van der Waals surface area contributed by atoms with E-state index in [1.807, 2.05) is 92.5 Å². The molecule has 4 aromatic carbocycles. The highest BCUT2D eigenvalue weighted by Gasteiger charge is 2.11. The molecule has 16 heteroatoms. The fourth-order valence-corrected chi connectivity index (χ4v) is 8.25. The predicted octanol–water partition coefficient (Wildman–Crippen LogP) is 9.62. The third-order valence-electron chi connectivity index (χ3n) is 12.1. The summed E-state index contributed by atoms with van der Waals surface area (Å²) in [5, 5.41) is 7.61. The van der Waals surface area contributed by atoms with Gasteiger partial charge in [-0.1, -0.05) is 13.8 Å². The van der Waals surface area contributed by atoms with Gasteiger partial charge in [0.1, 0.15) is 23.0 Å². The van der Waals surface area contributed by atoms with Crippen LogP contribution < -0.4 is 24.3 Å². The fourth-order valence-electron chi connectivity index (χ4n) is 8.25. The molecule has 8 aromatic rings. The lowest BCUT2D eigenvalue weighted by Gasteiger charge is -2.14. The van der Waals surface area contributed by atoms with Crippen LogP contribution in [0.25, 0.3) is 43.6 Å². The van der Waals surface area contributed by atoms with Crippen molar-refractivity contribution in [3.8, 4) is 23.0 Å². The second-order valence-electron chi connectivity index (χ2n) is 18.6. The number of aromatic amines is 4. The van der Waals surface area contributed by atoms with Gasteiger partial charge >= 0.3 is 23.9 Å². The van der Waals surface area contributed by atoms with Gasteiger partial charge in [-0.3, -0.25) is 19.2 Å². The molecule has 0 bridgehead atoms. The van der Waals surface area contributed by atoms with Crippen LogP contribution in [0.4, 0.5) is 0 Å². The summed E-state index contributed by atoms with van der Waals surface area (Å²) < 4.78 is 20.5. The molecule has 0 spiro atoms. The van der Waals surface area contributed by atoms with Gasteiger partial charge in [0.05, 0.1) is 0 Å². The number of carbonyl (C=O) groups excluding carboxylic acids is 4. The molecule has 16 nitrogen and oxygen atoms in total. The SMILES string of the molecule is CC(=O)Oc1ccc2[nH]cc(CCN(C)C)c2c1.CCCN(C)CCc1c[nH]c2ccc(OC(C)=O)cc12.CCN(C)CCc1c[nH]c2ccc(OC(C)=O)cc12.CNCCc1c[nH]c2ccc(OC(C)=O)cc12. The Labute approximate surface area is 435 Å². The first kappa shape index (κ1) is 57.7. The Kier molecular flexibility index (Phi) is 22.5. The van der Waals surface area contributed by atoms with Crippen molar-refractivity contribution >= 4 is 67.5 Å². The lowest BCUT2D eigenvalue weighted by molar-refractivity contribution is -0.132. The van der Waals surface area contributed by atoms with Crippen molar-refractivity contribution in [2.24, 2.45) is 0 Å². The van der Waals surface area contributed by atoms with Crippen molar-refractivity contribution in [2.45, 2.75) is 73.6 Å². The van der Waals surface area contributed by atoms with Gasteiger partial charge in [0.25, 0.3) is 0 Å². The van der Waals surface area contributed by atoms with Gasteiger partial charge < -0.3 is 58.9 Å². The van der Waals surface area contributed by atoms with Crippen LogP contribution in [0.3, 0.4) is 0 Å². The summed E-state index contributed by atoms with van der Waals surface area (Å²) in [4.78, 5) is 63.6. The Hall–Kier alpha value is -7.24. The maximum absolute atomic E-state index is 11.0. The topological polar surface area (TPSA) is 190 Å². The largest absolute Gasteiger partial charge is 0.427 e. The Balaban J connectivity index is 0.000000183. The van der Waals surface area contributed by atoms with Gasteiger partial charge in [0.15, 0.2) is 0 Å². The van der Waals surface area contributed by atoms with Gasteiger partial charge in [0.2, 0.25) is 0 Å². The van der Waals surface area contributed by atoms with Crippen molar-refractivity contribution in [1.82, 2.24) is 40.0 Å². The zero-order valence-corrected chi connectivity index (χ0v) is 45.1. The molecule has 0 saturated carbocycles. The number of ether oxygens (including phenoxy) is 4. The van der Waals surface area contributed by atoms with E-state index in [0.29, 0.717) is 23.0 Å². The van der Waals surface area contributed by atoms with E-state index in [2.05, 4.69) is 82.0 Å². The number of likely N-dealkylation sites (N-methyl/N-ethyl adjacent to an activating group) is 4. The van der Waals surface area contributed by atoms with Crippen molar-refractivity contribution in [2.75, 3.05) is 74.5 Å². The quantitative estimate of drug-likeness (QED) is 0.0382. The highest BCUT2D eigenvalue weighted by Crippen LogP contribution is 2.28. The van der Waals surface area contributed by atoms with E-state index in [4.69, 9.17) is 18.9 Å². The number of benzene rings is 4. The highest BCUT2D eigenvalue weighted by molar-refractivity contribution is 5.88. The average Bonchev–Trinajstić information content (AvgIpc) is 4.16. The monoisotopic (exact) mass is 1010 g/mol. The third kappa shape index (κ3) is 18.1. The smallest absolute Gasteiger partial charge is 0.308 e. The summed E-state index contributed by atoms with van der Waals surface area (Å²) in [5.74, 6) is 1.23. The molecule has 0 aliphatic rings. The number of hydrogen-bond donors (Lipinski definition) is 5. The maximum Gasteiger partial charge on any atom is 0.308 e. The van der Waals surface area contributed by atoms with Gasteiger partial charge in [-0.05, 0) is 182 Å². The summed E-state index contributed by atoms with van der Waals surface area (Å²) in [6, 6.07) is 22.7. The van der Waals surface area contributed by atoms with E-state index in [1.54, 1.807) is 12.1 Å². The van der Waals surface area contributed by atoms with Crippen molar-refractivity contribution in [1.29, 1.82) is 0 Å². The van der Waals surface area contributed by atoms with Crippen molar-refractivity contribution in [3.63, 3.8) is 0 Å². The molecule has 0 aliphatic carbocycles. The molecule has 0 atom stereocenters. The summed E-state index contributed by atoms with van der Waals surface area (Å²) in [6.07, 6.45) is 13.1. The number of carbonyl (C=O) groups is 4. The number of esters is 4. The minimum Gasteiger partial charge on any atom is -0.427 e. The molecule has 8 rings (SSSR count). The van der Waals surface area contributed by atoms with Gasteiger partial charge in [0, 0.05) is 116 Å². The van der Waals surface area contributed by atoms with Crippen LogP contribution in [-0.2, 0) is 44.9 Å². The second-order valence-corrected chi connectivity index (χ2v) is 18.6. The molecular formula is C58H76N8O8. The molecule has 0 saturated heterocycles. The number of fused-ring (bicyclic) bond motifs is 4. The zero-order valence-electron chi connectivity index (χ0n) is 45.1. The fraction of sp³-hybridized carbons (Fsp3) is 0.379. The molecular weight excluding hydrogens is 937 g/mol. The first-order valence-electron chi connectivity index (χ1n) is 25.3. The number of nitrogens with zero attached hydrogens (tertiary/aromatic N) is 3. The molecule has 74 heavy (non-hydrogen) atoms. The van der Waals surface area contributed by atoms with Gasteiger partial charge in [-0.25, -0.2) is 0 Å². The van der Waals surface area contributed by atoms with Crippen molar-refractivity contribution < 1.29 is 38.1 Å². The molecule has 4 heterocycles. The molecule has 396 valence electrons. The number of H-pyrrole nitrogens is 4. The molecule has 0 aliphatic heterocycles. The molecule has 0 fully saturated rings. The highest BCUT2D eigenvalue weighted by atomic mass is 16.5. The predicted molar refractivity (Wildman–Crippen MR) is 297 cm³/mol. The first-order valence-corrected chi connectivity index (χ1v) is 25.3. The Morgan fingerprint density at radius 2 is 0.757 bits per heavy atom. The molecule has 0 unspecified atom stereocenters. The maximum atomic E-state index is 11.0. The minimum absolute atomic E-state index is 0.288.